The first kappa shape index (κ1) is 18.4. The molecule has 0 radical (unpaired) electrons. The van der Waals surface area contributed by atoms with Crippen LogP contribution in [0.2, 0.25) is 5.02 Å². The Balaban J connectivity index is 1.64. The van der Waals surface area contributed by atoms with Gasteiger partial charge in [0.25, 0.3) is 0 Å². The Morgan fingerprint density at radius 1 is 0.926 bits per heavy atom. The van der Waals surface area contributed by atoms with Gasteiger partial charge in [-0.2, -0.15) is 15.0 Å². The molecule has 0 N–H and O–H groups in total. The smallest absolute Gasteiger partial charge is 0.230 e. The molecule has 4 rings (SSSR count). The van der Waals surface area contributed by atoms with Gasteiger partial charge in [0, 0.05) is 32.6 Å². The van der Waals surface area contributed by atoms with Crippen molar-refractivity contribution < 1.29 is 9.13 Å². The predicted octanol–water partition coefficient (Wildman–Crippen LogP) is 3.08. The van der Waals surface area contributed by atoms with Gasteiger partial charge < -0.3 is 14.5 Å². The van der Waals surface area contributed by atoms with Crippen LogP contribution >= 0.6 is 11.6 Å². The van der Waals surface area contributed by atoms with Crippen LogP contribution in [0, 0.1) is 5.82 Å². The second-order valence-electron chi connectivity index (χ2n) is 6.92. The second-order valence-corrected chi connectivity index (χ2v) is 7.33. The Hall–Kier alpha value is -1.99. The van der Waals surface area contributed by atoms with E-state index in [-0.39, 0.29) is 5.02 Å². The van der Waals surface area contributed by atoms with Gasteiger partial charge >= 0.3 is 0 Å². The average Bonchev–Trinajstić information content (AvgIpc) is 2.72. The maximum atomic E-state index is 13.5. The van der Waals surface area contributed by atoms with E-state index in [0.29, 0.717) is 31.4 Å². The van der Waals surface area contributed by atoms with Gasteiger partial charge in [0.2, 0.25) is 11.9 Å². The highest BCUT2D eigenvalue weighted by Crippen LogP contribution is 2.22. The van der Waals surface area contributed by atoms with Crippen molar-refractivity contribution >= 4 is 23.5 Å². The van der Waals surface area contributed by atoms with Crippen LogP contribution in [0.5, 0.6) is 0 Å². The van der Waals surface area contributed by atoms with Crippen LogP contribution in [0.15, 0.2) is 18.2 Å². The molecule has 0 amide bonds. The molecule has 2 aromatic rings. The Morgan fingerprint density at radius 2 is 1.59 bits per heavy atom. The summed E-state index contributed by atoms with van der Waals surface area (Å²) < 4.78 is 18.9. The molecule has 2 aliphatic rings. The summed E-state index contributed by atoms with van der Waals surface area (Å²) in [7, 11) is 0. The summed E-state index contributed by atoms with van der Waals surface area (Å²) in [5, 5.41) is 0.117. The van der Waals surface area contributed by atoms with E-state index in [2.05, 4.69) is 14.8 Å². The molecule has 2 saturated heterocycles. The van der Waals surface area contributed by atoms with Gasteiger partial charge in [-0.15, -0.1) is 0 Å². The number of rotatable bonds is 4. The molecule has 0 saturated carbocycles. The summed E-state index contributed by atoms with van der Waals surface area (Å²) in [6, 6.07) is 4.74. The number of piperidine rings is 1. The van der Waals surface area contributed by atoms with Crippen molar-refractivity contribution in [3.05, 3.63) is 40.4 Å². The van der Waals surface area contributed by atoms with E-state index in [1.54, 1.807) is 12.1 Å². The monoisotopic (exact) mass is 391 g/mol. The van der Waals surface area contributed by atoms with Crippen LogP contribution in [-0.2, 0) is 11.2 Å². The summed E-state index contributed by atoms with van der Waals surface area (Å²) in [4.78, 5) is 18.5. The van der Waals surface area contributed by atoms with E-state index in [9.17, 15) is 4.39 Å². The first-order chi connectivity index (χ1) is 13.2. The van der Waals surface area contributed by atoms with Gasteiger partial charge in [-0.05, 0) is 37.0 Å². The molecule has 1 aromatic carbocycles. The van der Waals surface area contributed by atoms with Crippen LogP contribution in [0.4, 0.5) is 16.3 Å². The fraction of sp³-hybridized carbons (Fsp3) is 0.526. The van der Waals surface area contributed by atoms with Crippen LogP contribution in [0.1, 0.15) is 30.7 Å². The first-order valence-electron chi connectivity index (χ1n) is 9.45. The average molecular weight is 392 g/mol. The SMILES string of the molecule is Fc1ccc(Cc2nc(N3CCCCC3)nc(N3CCOCC3)n2)cc1Cl. The molecule has 0 spiro atoms. The normalized spacial score (nSPS) is 18.0. The molecule has 0 atom stereocenters. The second kappa shape index (κ2) is 8.35. The van der Waals surface area contributed by atoms with Crippen molar-refractivity contribution in [2.75, 3.05) is 49.2 Å². The third-order valence-electron chi connectivity index (χ3n) is 4.94. The zero-order valence-electron chi connectivity index (χ0n) is 15.2. The molecule has 8 heteroatoms. The Morgan fingerprint density at radius 3 is 2.26 bits per heavy atom. The topological polar surface area (TPSA) is 54.4 Å². The number of hydrogen-bond donors (Lipinski definition) is 0. The highest BCUT2D eigenvalue weighted by atomic mass is 35.5. The summed E-state index contributed by atoms with van der Waals surface area (Å²) in [6.45, 7) is 4.82. The van der Waals surface area contributed by atoms with E-state index in [1.807, 2.05) is 0 Å². The van der Waals surface area contributed by atoms with Gasteiger partial charge in [-0.25, -0.2) is 4.39 Å². The third kappa shape index (κ3) is 4.47. The highest BCUT2D eigenvalue weighted by Gasteiger charge is 2.20. The molecule has 3 heterocycles. The third-order valence-corrected chi connectivity index (χ3v) is 5.23. The largest absolute Gasteiger partial charge is 0.378 e. The number of benzene rings is 1. The summed E-state index contributed by atoms with van der Waals surface area (Å²) >= 11 is 5.93. The lowest BCUT2D eigenvalue weighted by Crippen LogP contribution is -2.38. The molecular weight excluding hydrogens is 369 g/mol. The lowest BCUT2D eigenvalue weighted by molar-refractivity contribution is 0.122. The Kier molecular flexibility index (Phi) is 5.69. The number of aromatic nitrogens is 3. The number of hydrogen-bond acceptors (Lipinski definition) is 6. The molecule has 1 aromatic heterocycles. The van der Waals surface area contributed by atoms with E-state index >= 15 is 0 Å². The molecule has 0 bridgehead atoms. The minimum atomic E-state index is -0.418. The molecular formula is C19H23ClFN5O. The lowest BCUT2D eigenvalue weighted by Gasteiger charge is -2.30. The predicted molar refractivity (Wildman–Crippen MR) is 103 cm³/mol. The molecule has 144 valence electrons. The fourth-order valence-electron chi connectivity index (χ4n) is 3.45. The van der Waals surface area contributed by atoms with Crippen LogP contribution in [0.3, 0.4) is 0 Å². The van der Waals surface area contributed by atoms with Crippen molar-refractivity contribution in [1.82, 2.24) is 15.0 Å². The van der Waals surface area contributed by atoms with E-state index in [4.69, 9.17) is 26.3 Å². The zero-order valence-corrected chi connectivity index (χ0v) is 16.0. The van der Waals surface area contributed by atoms with Gasteiger partial charge in [-0.3, -0.25) is 0 Å². The first-order valence-corrected chi connectivity index (χ1v) is 9.83. The number of nitrogens with zero attached hydrogens (tertiary/aromatic N) is 5. The number of morpholine rings is 1. The molecule has 2 fully saturated rings. The van der Waals surface area contributed by atoms with Crippen LogP contribution < -0.4 is 9.80 Å². The lowest BCUT2D eigenvalue weighted by atomic mass is 10.1. The van der Waals surface area contributed by atoms with Crippen molar-refractivity contribution in [2.24, 2.45) is 0 Å². The van der Waals surface area contributed by atoms with Gasteiger partial charge in [-0.1, -0.05) is 17.7 Å². The van der Waals surface area contributed by atoms with Crippen LogP contribution in [-0.4, -0.2) is 54.3 Å². The molecule has 27 heavy (non-hydrogen) atoms. The molecule has 2 aliphatic heterocycles. The summed E-state index contributed by atoms with van der Waals surface area (Å²) in [6.07, 6.45) is 4.04. The number of anilines is 2. The maximum Gasteiger partial charge on any atom is 0.230 e. The maximum absolute atomic E-state index is 13.5. The fourth-order valence-corrected chi connectivity index (χ4v) is 3.65. The van der Waals surface area contributed by atoms with E-state index in [0.717, 1.165) is 50.5 Å². The standard InChI is InChI=1S/C19H23ClFN5O/c20-15-12-14(4-5-16(15)21)13-17-22-18(25-6-2-1-3-7-25)24-19(23-17)26-8-10-27-11-9-26/h4-5,12H,1-3,6-11,13H2. The van der Waals surface area contributed by atoms with E-state index in [1.165, 1.54) is 12.5 Å². The molecule has 0 aliphatic carbocycles. The number of halogens is 2. The van der Waals surface area contributed by atoms with Crippen molar-refractivity contribution in [1.29, 1.82) is 0 Å². The van der Waals surface area contributed by atoms with Crippen molar-refractivity contribution in [3.8, 4) is 0 Å². The van der Waals surface area contributed by atoms with Gasteiger partial charge in [0.1, 0.15) is 11.6 Å². The quantitative estimate of drug-likeness (QED) is 0.798. The summed E-state index contributed by atoms with van der Waals surface area (Å²) in [5.74, 6) is 1.68. The Bertz CT molecular complexity index is 757. The molecule has 0 unspecified atom stereocenters. The van der Waals surface area contributed by atoms with Crippen molar-refractivity contribution in [3.63, 3.8) is 0 Å². The zero-order chi connectivity index (χ0) is 18.6. The highest BCUT2D eigenvalue weighted by molar-refractivity contribution is 6.30. The van der Waals surface area contributed by atoms with Crippen molar-refractivity contribution in [2.45, 2.75) is 25.7 Å². The van der Waals surface area contributed by atoms with Gasteiger partial charge in [0.15, 0.2) is 0 Å². The van der Waals surface area contributed by atoms with Crippen LogP contribution in [0.25, 0.3) is 0 Å². The minimum Gasteiger partial charge on any atom is -0.378 e. The van der Waals surface area contributed by atoms with Gasteiger partial charge in [0.05, 0.1) is 18.2 Å². The minimum absolute atomic E-state index is 0.117. The Labute approximate surface area is 163 Å². The van der Waals surface area contributed by atoms with E-state index < -0.39 is 5.82 Å². The number of ether oxygens (including phenoxy) is 1. The molecule has 6 nitrogen and oxygen atoms in total. The summed E-state index contributed by atoms with van der Waals surface area (Å²) in [5.41, 5.74) is 0.880.